The first-order valence-corrected chi connectivity index (χ1v) is 6.90. The summed E-state index contributed by atoms with van der Waals surface area (Å²) in [5.41, 5.74) is 2.34. The first-order chi connectivity index (χ1) is 10.9. The molecule has 0 radical (unpaired) electrons. The molecular weight excluding hydrogens is 345 g/mol. The summed E-state index contributed by atoms with van der Waals surface area (Å²) < 4.78 is 0. The molecule has 0 aliphatic rings. The van der Waals surface area contributed by atoms with Crippen LogP contribution in [0.4, 0.5) is 5.69 Å². The molecule has 0 bridgehead atoms. The number of nitro benzene ring substituents is 1. The molecule has 2 N–H and O–H groups in total. The number of hydrazone groups is 1. The van der Waals surface area contributed by atoms with E-state index in [1.807, 2.05) is 0 Å². The van der Waals surface area contributed by atoms with Gasteiger partial charge in [0.2, 0.25) is 0 Å². The summed E-state index contributed by atoms with van der Waals surface area (Å²) in [5, 5.41) is 24.5. The topological polar surface area (TPSA) is 105 Å². The highest BCUT2D eigenvalue weighted by atomic mass is 35.5. The summed E-state index contributed by atoms with van der Waals surface area (Å²) in [6.07, 6.45) is 1.09. The molecule has 1 amide bonds. The molecule has 0 saturated carbocycles. The van der Waals surface area contributed by atoms with Gasteiger partial charge in [-0.25, -0.2) is 5.43 Å². The van der Waals surface area contributed by atoms with Crippen LogP contribution in [0.5, 0.6) is 5.75 Å². The lowest BCUT2D eigenvalue weighted by atomic mass is 10.2. The molecule has 2 aromatic carbocycles. The van der Waals surface area contributed by atoms with Gasteiger partial charge in [-0.15, -0.1) is 0 Å². The smallest absolute Gasteiger partial charge is 0.271 e. The van der Waals surface area contributed by atoms with E-state index in [4.69, 9.17) is 23.2 Å². The van der Waals surface area contributed by atoms with Gasteiger partial charge in [-0.3, -0.25) is 14.9 Å². The molecule has 0 fully saturated rings. The number of carbonyl (C=O) groups is 1. The van der Waals surface area contributed by atoms with E-state index in [9.17, 15) is 20.0 Å². The molecule has 23 heavy (non-hydrogen) atoms. The van der Waals surface area contributed by atoms with E-state index in [1.165, 1.54) is 24.3 Å². The van der Waals surface area contributed by atoms with Crippen LogP contribution in [0.15, 0.2) is 41.5 Å². The highest BCUT2D eigenvalue weighted by Crippen LogP contribution is 2.23. The lowest BCUT2D eigenvalue weighted by Crippen LogP contribution is -2.17. The van der Waals surface area contributed by atoms with Gasteiger partial charge in [0.1, 0.15) is 5.75 Å². The van der Waals surface area contributed by atoms with Gasteiger partial charge in [-0.05, 0) is 24.3 Å². The zero-order chi connectivity index (χ0) is 17.0. The number of non-ortho nitro benzene ring substituents is 1. The summed E-state index contributed by atoms with van der Waals surface area (Å²) >= 11 is 11.6. The Labute approximate surface area is 140 Å². The van der Waals surface area contributed by atoms with Crippen molar-refractivity contribution >= 4 is 41.0 Å². The molecule has 118 valence electrons. The van der Waals surface area contributed by atoms with Gasteiger partial charge in [0, 0.05) is 23.3 Å². The summed E-state index contributed by atoms with van der Waals surface area (Å²) in [5.74, 6) is -0.757. The SMILES string of the molecule is O=C(N/N=C/c1cc([N+](=O)[O-])ccc1O)c1ccc(Cl)c(Cl)c1. The van der Waals surface area contributed by atoms with E-state index < -0.39 is 10.8 Å². The van der Waals surface area contributed by atoms with Gasteiger partial charge in [-0.1, -0.05) is 23.2 Å². The first-order valence-electron chi connectivity index (χ1n) is 6.14. The molecule has 0 unspecified atom stereocenters. The number of hydrogen-bond acceptors (Lipinski definition) is 5. The van der Waals surface area contributed by atoms with E-state index in [2.05, 4.69) is 10.5 Å². The number of carbonyl (C=O) groups excluding carboxylic acids is 1. The number of benzene rings is 2. The Morgan fingerprint density at radius 3 is 2.61 bits per heavy atom. The minimum Gasteiger partial charge on any atom is -0.507 e. The van der Waals surface area contributed by atoms with Crippen LogP contribution in [0.2, 0.25) is 10.0 Å². The van der Waals surface area contributed by atoms with E-state index in [0.29, 0.717) is 5.02 Å². The Kier molecular flexibility index (Phi) is 5.15. The van der Waals surface area contributed by atoms with Gasteiger partial charge in [0.05, 0.1) is 21.2 Å². The quantitative estimate of drug-likeness (QED) is 0.499. The first kappa shape index (κ1) is 16.7. The van der Waals surface area contributed by atoms with Crippen molar-refractivity contribution < 1.29 is 14.8 Å². The van der Waals surface area contributed by atoms with Crippen molar-refractivity contribution in [1.82, 2.24) is 5.43 Å². The average Bonchev–Trinajstić information content (AvgIpc) is 2.51. The van der Waals surface area contributed by atoms with Crippen molar-refractivity contribution in [3.63, 3.8) is 0 Å². The largest absolute Gasteiger partial charge is 0.507 e. The van der Waals surface area contributed by atoms with Crippen molar-refractivity contribution in [2.24, 2.45) is 5.10 Å². The summed E-state index contributed by atoms with van der Waals surface area (Å²) in [7, 11) is 0. The van der Waals surface area contributed by atoms with Gasteiger partial charge >= 0.3 is 0 Å². The highest BCUT2D eigenvalue weighted by Gasteiger charge is 2.10. The van der Waals surface area contributed by atoms with E-state index in [0.717, 1.165) is 18.3 Å². The van der Waals surface area contributed by atoms with Crippen molar-refractivity contribution in [3.8, 4) is 5.75 Å². The summed E-state index contributed by atoms with van der Waals surface area (Å²) in [6, 6.07) is 7.75. The van der Waals surface area contributed by atoms with Crippen LogP contribution in [0.3, 0.4) is 0 Å². The zero-order valence-corrected chi connectivity index (χ0v) is 12.9. The number of aromatic hydroxyl groups is 1. The molecule has 7 nitrogen and oxygen atoms in total. The fraction of sp³-hybridized carbons (Fsp3) is 0. The Morgan fingerprint density at radius 1 is 1.22 bits per heavy atom. The molecule has 0 aliphatic heterocycles. The van der Waals surface area contributed by atoms with Gasteiger partial charge in [-0.2, -0.15) is 5.10 Å². The van der Waals surface area contributed by atoms with Crippen LogP contribution in [0, 0.1) is 10.1 Å². The number of halogens is 2. The second kappa shape index (κ2) is 7.08. The number of rotatable bonds is 4. The summed E-state index contributed by atoms with van der Waals surface area (Å²) in [4.78, 5) is 21.9. The number of phenols is 1. The lowest BCUT2D eigenvalue weighted by Gasteiger charge is -2.02. The normalized spacial score (nSPS) is 10.7. The summed E-state index contributed by atoms with van der Waals surface area (Å²) in [6.45, 7) is 0. The van der Waals surface area contributed by atoms with Crippen LogP contribution < -0.4 is 5.43 Å². The highest BCUT2D eigenvalue weighted by molar-refractivity contribution is 6.42. The molecule has 9 heteroatoms. The molecule has 2 aromatic rings. The number of hydrogen-bond donors (Lipinski definition) is 2. The van der Waals surface area contributed by atoms with Crippen molar-refractivity contribution in [2.45, 2.75) is 0 Å². The standard InChI is InChI=1S/C14H9Cl2N3O4/c15-11-3-1-8(6-12(11)16)14(21)18-17-7-9-5-10(19(22)23)2-4-13(9)20/h1-7,20H,(H,18,21)/b17-7+. The fourth-order valence-corrected chi connectivity index (χ4v) is 1.92. The molecule has 0 aliphatic carbocycles. The Hall–Kier alpha value is -2.64. The zero-order valence-electron chi connectivity index (χ0n) is 11.4. The number of phenolic OH excluding ortho intramolecular Hbond substituents is 1. The minimum atomic E-state index is -0.606. The number of amides is 1. The van der Waals surface area contributed by atoms with E-state index in [-0.39, 0.29) is 27.6 Å². The van der Waals surface area contributed by atoms with E-state index in [1.54, 1.807) is 0 Å². The molecule has 0 spiro atoms. The third-order valence-corrected chi connectivity index (χ3v) is 3.51. The molecule has 0 aromatic heterocycles. The van der Waals surface area contributed by atoms with Gasteiger partial charge in [0.15, 0.2) is 0 Å². The molecular formula is C14H9Cl2N3O4. The van der Waals surface area contributed by atoms with Gasteiger partial charge in [0.25, 0.3) is 11.6 Å². The van der Waals surface area contributed by atoms with Crippen LogP contribution in [0.25, 0.3) is 0 Å². The maximum absolute atomic E-state index is 11.9. The van der Waals surface area contributed by atoms with Crippen molar-refractivity contribution in [2.75, 3.05) is 0 Å². The molecule has 0 atom stereocenters. The van der Waals surface area contributed by atoms with Crippen molar-refractivity contribution in [3.05, 3.63) is 67.7 Å². The average molecular weight is 354 g/mol. The second-order valence-electron chi connectivity index (χ2n) is 4.33. The molecule has 0 heterocycles. The Morgan fingerprint density at radius 2 is 1.96 bits per heavy atom. The maximum atomic E-state index is 11.9. The molecule has 2 rings (SSSR count). The van der Waals surface area contributed by atoms with Crippen LogP contribution in [-0.4, -0.2) is 22.2 Å². The number of nitro groups is 1. The third kappa shape index (κ3) is 4.18. The maximum Gasteiger partial charge on any atom is 0.271 e. The molecule has 0 saturated heterocycles. The predicted octanol–water partition coefficient (Wildman–Crippen LogP) is 3.37. The predicted molar refractivity (Wildman–Crippen MR) is 86.3 cm³/mol. The number of nitrogens with one attached hydrogen (secondary N) is 1. The second-order valence-corrected chi connectivity index (χ2v) is 5.14. The third-order valence-electron chi connectivity index (χ3n) is 2.77. The van der Waals surface area contributed by atoms with Gasteiger partial charge < -0.3 is 5.11 Å². The Balaban J connectivity index is 2.12. The monoisotopic (exact) mass is 353 g/mol. The lowest BCUT2D eigenvalue weighted by molar-refractivity contribution is -0.384. The fourth-order valence-electron chi connectivity index (χ4n) is 1.62. The van der Waals surface area contributed by atoms with Crippen LogP contribution in [-0.2, 0) is 0 Å². The number of nitrogens with zero attached hydrogens (tertiary/aromatic N) is 2. The minimum absolute atomic E-state index is 0.0913. The van der Waals surface area contributed by atoms with E-state index >= 15 is 0 Å². The van der Waals surface area contributed by atoms with Crippen molar-refractivity contribution in [1.29, 1.82) is 0 Å². The van der Waals surface area contributed by atoms with Crippen LogP contribution >= 0.6 is 23.2 Å². The van der Waals surface area contributed by atoms with Crippen LogP contribution in [0.1, 0.15) is 15.9 Å². The Bertz CT molecular complexity index is 809.